The van der Waals surface area contributed by atoms with E-state index in [4.69, 9.17) is 4.74 Å². The Hall–Kier alpha value is -1.13. The van der Waals surface area contributed by atoms with Crippen LogP contribution in [0.25, 0.3) is 0 Å². The molecule has 4 heteroatoms. The third kappa shape index (κ3) is 3.17. The van der Waals surface area contributed by atoms with E-state index in [9.17, 15) is 4.79 Å². The number of morpholine rings is 1. The molecule has 1 aliphatic heterocycles. The lowest BCUT2D eigenvalue weighted by Gasteiger charge is -2.37. The molecule has 0 aliphatic carbocycles. The Labute approximate surface area is 102 Å². The van der Waals surface area contributed by atoms with Gasteiger partial charge in [0.15, 0.2) is 5.78 Å². The average Bonchev–Trinajstić information content (AvgIpc) is 2.63. The molecular weight excluding hydrogens is 216 g/mol. The van der Waals surface area contributed by atoms with Crippen molar-refractivity contribution in [2.24, 2.45) is 7.05 Å². The van der Waals surface area contributed by atoms with E-state index < -0.39 is 0 Å². The summed E-state index contributed by atoms with van der Waals surface area (Å²) in [6.45, 7) is 6.96. The van der Waals surface area contributed by atoms with E-state index in [0.29, 0.717) is 13.2 Å². The summed E-state index contributed by atoms with van der Waals surface area (Å²) in [5.74, 6) is 0.184. The van der Waals surface area contributed by atoms with E-state index in [1.165, 1.54) is 0 Å². The molecule has 1 aromatic heterocycles. The second-order valence-corrected chi connectivity index (χ2v) is 5.31. The molecule has 0 spiro atoms. The Bertz CT molecular complexity index is 409. The van der Waals surface area contributed by atoms with Crippen molar-refractivity contribution in [2.75, 3.05) is 26.2 Å². The van der Waals surface area contributed by atoms with Gasteiger partial charge in [-0.3, -0.25) is 9.69 Å². The van der Waals surface area contributed by atoms with Crippen LogP contribution in [-0.2, 0) is 11.8 Å². The molecule has 0 aromatic carbocycles. The maximum Gasteiger partial charge on any atom is 0.178 e. The molecule has 1 aliphatic rings. The summed E-state index contributed by atoms with van der Waals surface area (Å²) in [6.07, 6.45) is 3.77. The molecule has 94 valence electrons. The summed E-state index contributed by atoms with van der Waals surface area (Å²) >= 11 is 0. The molecule has 0 bridgehead atoms. The Kier molecular flexibility index (Phi) is 3.35. The summed E-state index contributed by atoms with van der Waals surface area (Å²) in [6, 6.07) is 1.87. The molecule has 0 radical (unpaired) electrons. The number of Topliss-reactive ketones (excluding diaryl/α,β-unsaturated/α-hetero) is 1. The second-order valence-electron chi connectivity index (χ2n) is 5.31. The van der Waals surface area contributed by atoms with Crippen molar-refractivity contribution in [1.29, 1.82) is 0 Å². The van der Waals surface area contributed by atoms with Gasteiger partial charge in [0.05, 0.1) is 18.8 Å². The number of aryl methyl sites for hydroxylation is 1. The van der Waals surface area contributed by atoms with Gasteiger partial charge in [0.25, 0.3) is 0 Å². The smallest absolute Gasteiger partial charge is 0.178 e. The summed E-state index contributed by atoms with van der Waals surface area (Å²) < 4.78 is 7.53. The summed E-state index contributed by atoms with van der Waals surface area (Å²) in [5, 5.41) is 0. The highest BCUT2D eigenvalue weighted by atomic mass is 16.5. The molecule has 17 heavy (non-hydrogen) atoms. The van der Waals surface area contributed by atoms with Gasteiger partial charge in [-0.15, -0.1) is 0 Å². The molecule has 0 amide bonds. The standard InChI is InChI=1S/C13H20N2O2/c1-13(2)10-15(6-7-17-13)9-12(16)11-4-5-14(3)8-11/h4-5,8H,6-7,9-10H2,1-3H3. The molecule has 2 heterocycles. The number of nitrogens with zero attached hydrogens (tertiary/aromatic N) is 2. The molecule has 1 fully saturated rings. The van der Waals surface area contributed by atoms with Crippen molar-refractivity contribution in [3.05, 3.63) is 24.0 Å². The summed E-state index contributed by atoms with van der Waals surface area (Å²) in [4.78, 5) is 14.2. The van der Waals surface area contributed by atoms with E-state index in [1.807, 2.05) is 30.1 Å². The quantitative estimate of drug-likeness (QED) is 0.742. The van der Waals surface area contributed by atoms with Gasteiger partial charge in [-0.05, 0) is 19.9 Å². The molecule has 0 saturated carbocycles. The van der Waals surface area contributed by atoms with Crippen molar-refractivity contribution in [1.82, 2.24) is 9.47 Å². The fraction of sp³-hybridized carbons (Fsp3) is 0.615. The van der Waals surface area contributed by atoms with E-state index >= 15 is 0 Å². The number of aromatic nitrogens is 1. The Morgan fingerprint density at radius 2 is 2.29 bits per heavy atom. The number of ether oxygens (including phenoxy) is 1. The zero-order chi connectivity index (χ0) is 12.5. The van der Waals surface area contributed by atoms with Crippen LogP contribution in [0.1, 0.15) is 24.2 Å². The highest BCUT2D eigenvalue weighted by Gasteiger charge is 2.28. The first kappa shape index (κ1) is 12.3. The lowest BCUT2D eigenvalue weighted by atomic mass is 10.1. The first-order chi connectivity index (χ1) is 7.96. The van der Waals surface area contributed by atoms with E-state index in [-0.39, 0.29) is 11.4 Å². The molecule has 0 atom stereocenters. The molecular formula is C13H20N2O2. The SMILES string of the molecule is Cn1ccc(C(=O)CN2CCOC(C)(C)C2)c1. The zero-order valence-electron chi connectivity index (χ0n) is 10.8. The third-order valence-corrected chi connectivity index (χ3v) is 3.03. The summed E-state index contributed by atoms with van der Waals surface area (Å²) in [5.41, 5.74) is 0.645. The van der Waals surface area contributed by atoms with Crippen LogP contribution >= 0.6 is 0 Å². The van der Waals surface area contributed by atoms with Gasteiger partial charge in [-0.1, -0.05) is 0 Å². The second kappa shape index (κ2) is 4.63. The largest absolute Gasteiger partial charge is 0.373 e. The van der Waals surface area contributed by atoms with Gasteiger partial charge in [0.1, 0.15) is 0 Å². The monoisotopic (exact) mass is 236 g/mol. The first-order valence-electron chi connectivity index (χ1n) is 5.98. The topological polar surface area (TPSA) is 34.5 Å². The molecule has 2 rings (SSSR count). The number of hydrogen-bond donors (Lipinski definition) is 0. The minimum absolute atomic E-state index is 0.144. The summed E-state index contributed by atoms with van der Waals surface area (Å²) in [7, 11) is 1.93. The van der Waals surface area contributed by atoms with Gasteiger partial charge < -0.3 is 9.30 Å². The van der Waals surface area contributed by atoms with Gasteiger partial charge in [-0.2, -0.15) is 0 Å². The average molecular weight is 236 g/mol. The van der Waals surface area contributed by atoms with Crippen LogP contribution < -0.4 is 0 Å². The number of rotatable bonds is 3. The van der Waals surface area contributed by atoms with Crippen LogP contribution in [0.3, 0.4) is 0 Å². The van der Waals surface area contributed by atoms with Crippen molar-refractivity contribution in [3.8, 4) is 0 Å². The Morgan fingerprint density at radius 1 is 1.53 bits per heavy atom. The van der Waals surface area contributed by atoms with Crippen LogP contribution in [0, 0.1) is 0 Å². The number of hydrogen-bond acceptors (Lipinski definition) is 3. The molecule has 0 unspecified atom stereocenters. The number of carbonyl (C=O) groups is 1. The van der Waals surface area contributed by atoms with Gasteiger partial charge in [0.2, 0.25) is 0 Å². The lowest BCUT2D eigenvalue weighted by Crippen LogP contribution is -2.49. The number of ketones is 1. The van der Waals surface area contributed by atoms with Crippen molar-refractivity contribution >= 4 is 5.78 Å². The predicted octanol–water partition coefficient (Wildman–Crippen LogP) is 1.32. The van der Waals surface area contributed by atoms with Gasteiger partial charge >= 0.3 is 0 Å². The van der Waals surface area contributed by atoms with Crippen LogP contribution in [0.2, 0.25) is 0 Å². The third-order valence-electron chi connectivity index (χ3n) is 3.03. The van der Waals surface area contributed by atoms with E-state index in [1.54, 1.807) is 0 Å². The minimum atomic E-state index is -0.144. The first-order valence-corrected chi connectivity index (χ1v) is 5.98. The highest BCUT2D eigenvalue weighted by molar-refractivity contribution is 5.97. The van der Waals surface area contributed by atoms with E-state index in [0.717, 1.165) is 18.7 Å². The maximum atomic E-state index is 12.0. The molecule has 4 nitrogen and oxygen atoms in total. The van der Waals surface area contributed by atoms with E-state index in [2.05, 4.69) is 18.7 Å². The van der Waals surface area contributed by atoms with Crippen molar-refractivity contribution in [3.63, 3.8) is 0 Å². The van der Waals surface area contributed by atoms with Crippen LogP contribution in [0.4, 0.5) is 0 Å². The van der Waals surface area contributed by atoms with Crippen molar-refractivity contribution in [2.45, 2.75) is 19.4 Å². The molecule has 0 N–H and O–H groups in total. The van der Waals surface area contributed by atoms with Gasteiger partial charge in [0, 0.05) is 38.1 Å². The normalized spacial score (nSPS) is 20.4. The zero-order valence-corrected chi connectivity index (χ0v) is 10.8. The Balaban J connectivity index is 1.95. The lowest BCUT2D eigenvalue weighted by molar-refractivity contribution is -0.0833. The fourth-order valence-electron chi connectivity index (χ4n) is 2.21. The van der Waals surface area contributed by atoms with Gasteiger partial charge in [-0.25, -0.2) is 0 Å². The molecule has 1 aromatic rings. The molecule has 1 saturated heterocycles. The Morgan fingerprint density at radius 3 is 2.88 bits per heavy atom. The highest BCUT2D eigenvalue weighted by Crippen LogP contribution is 2.16. The van der Waals surface area contributed by atoms with Crippen LogP contribution in [0.5, 0.6) is 0 Å². The fourth-order valence-corrected chi connectivity index (χ4v) is 2.21. The van der Waals surface area contributed by atoms with Crippen molar-refractivity contribution < 1.29 is 9.53 Å². The predicted molar refractivity (Wildman–Crippen MR) is 66.2 cm³/mol. The van der Waals surface area contributed by atoms with Crippen LogP contribution in [-0.4, -0.2) is 47.1 Å². The maximum absolute atomic E-state index is 12.0. The minimum Gasteiger partial charge on any atom is -0.373 e. The number of carbonyl (C=O) groups excluding carboxylic acids is 1. The van der Waals surface area contributed by atoms with Crippen LogP contribution in [0.15, 0.2) is 18.5 Å².